The highest BCUT2D eigenvalue weighted by molar-refractivity contribution is 6.08. The van der Waals surface area contributed by atoms with Crippen molar-refractivity contribution in [3.8, 4) is 6.07 Å². The number of nitriles is 1. The summed E-state index contributed by atoms with van der Waals surface area (Å²) in [5.41, 5.74) is 2.29. The Kier molecular flexibility index (Phi) is 2.85. The summed E-state index contributed by atoms with van der Waals surface area (Å²) in [5.74, 6) is 2.52. The van der Waals surface area contributed by atoms with Gasteiger partial charge in [0.15, 0.2) is 5.78 Å². The van der Waals surface area contributed by atoms with E-state index in [1.165, 1.54) is 25.7 Å². The van der Waals surface area contributed by atoms with Gasteiger partial charge in [-0.05, 0) is 49.1 Å². The van der Waals surface area contributed by atoms with E-state index in [9.17, 15) is 4.79 Å². The van der Waals surface area contributed by atoms with Gasteiger partial charge in [0.2, 0.25) is 0 Å². The van der Waals surface area contributed by atoms with Crippen molar-refractivity contribution in [3.63, 3.8) is 0 Å². The Hall–Kier alpha value is -2.08. The molecule has 2 aliphatic rings. The number of fused-ring (bicyclic) bond motifs is 3. The first-order chi connectivity index (χ1) is 10.2. The van der Waals surface area contributed by atoms with Crippen molar-refractivity contribution in [1.29, 1.82) is 5.26 Å². The molecule has 1 aromatic heterocycles. The number of carbonyl (C=O) groups excluding carboxylic acids is 1. The van der Waals surface area contributed by atoms with E-state index < -0.39 is 0 Å². The number of carbonyl (C=O) groups is 1. The molecule has 0 radical (unpaired) electrons. The van der Waals surface area contributed by atoms with Crippen molar-refractivity contribution in [2.75, 3.05) is 0 Å². The third-order valence-electron chi connectivity index (χ3n) is 5.44. The molecule has 0 amide bonds. The molecule has 106 valence electrons. The van der Waals surface area contributed by atoms with Gasteiger partial charge in [-0.15, -0.1) is 0 Å². The Morgan fingerprint density at radius 2 is 2.24 bits per heavy atom. The fraction of sp³-hybridized carbons (Fsp3) is 0.444. The molecule has 1 N–H and O–H groups in total. The van der Waals surface area contributed by atoms with Gasteiger partial charge in [-0.2, -0.15) is 5.26 Å². The van der Waals surface area contributed by atoms with Crippen molar-refractivity contribution in [2.24, 2.45) is 17.8 Å². The van der Waals surface area contributed by atoms with E-state index in [1.54, 1.807) is 12.3 Å². The predicted octanol–water partition coefficient (Wildman–Crippen LogP) is 4.05. The Morgan fingerprint density at radius 3 is 2.95 bits per heavy atom. The third-order valence-corrected chi connectivity index (χ3v) is 5.44. The van der Waals surface area contributed by atoms with Crippen LogP contribution in [0.4, 0.5) is 0 Å². The largest absolute Gasteiger partial charge is 0.360 e. The summed E-state index contributed by atoms with van der Waals surface area (Å²) in [4.78, 5) is 15.8. The second-order valence-electron chi connectivity index (χ2n) is 6.64. The third kappa shape index (κ3) is 2.06. The van der Waals surface area contributed by atoms with Crippen LogP contribution in [0.5, 0.6) is 0 Å². The van der Waals surface area contributed by atoms with Gasteiger partial charge in [-0.25, -0.2) is 0 Å². The van der Waals surface area contributed by atoms with Crippen LogP contribution in [-0.4, -0.2) is 10.8 Å². The molecule has 0 saturated heterocycles. The minimum Gasteiger partial charge on any atom is -0.360 e. The molecule has 0 aliphatic heterocycles. The van der Waals surface area contributed by atoms with E-state index in [0.29, 0.717) is 17.9 Å². The molecule has 4 rings (SSSR count). The minimum atomic E-state index is 0.253. The molecule has 3 nitrogen and oxygen atoms in total. The Balaban J connectivity index is 1.58. The van der Waals surface area contributed by atoms with Gasteiger partial charge >= 0.3 is 0 Å². The van der Waals surface area contributed by atoms with Gasteiger partial charge in [0, 0.05) is 29.1 Å². The highest BCUT2D eigenvalue weighted by atomic mass is 16.1. The van der Waals surface area contributed by atoms with E-state index in [-0.39, 0.29) is 5.78 Å². The number of nitrogens with zero attached hydrogens (tertiary/aromatic N) is 1. The summed E-state index contributed by atoms with van der Waals surface area (Å²) in [6.07, 6.45) is 7.78. The lowest BCUT2D eigenvalue weighted by molar-refractivity contribution is 0.0946. The molecular formula is C18H18N2O. The van der Waals surface area contributed by atoms with Gasteiger partial charge in [-0.3, -0.25) is 4.79 Å². The molecule has 3 heteroatoms. The highest BCUT2D eigenvalue weighted by Crippen LogP contribution is 2.49. The first-order valence-electron chi connectivity index (χ1n) is 7.79. The molecule has 2 aliphatic carbocycles. The Labute approximate surface area is 124 Å². The number of nitrogens with one attached hydrogen (secondary N) is 1. The molecule has 1 heterocycles. The summed E-state index contributed by atoms with van der Waals surface area (Å²) in [6, 6.07) is 7.61. The number of hydrogen-bond acceptors (Lipinski definition) is 2. The number of aromatic amines is 1. The van der Waals surface area contributed by atoms with Crippen LogP contribution in [0.1, 0.15) is 48.0 Å². The average molecular weight is 278 g/mol. The zero-order chi connectivity index (χ0) is 14.4. The van der Waals surface area contributed by atoms with Crippen LogP contribution in [0, 0.1) is 29.1 Å². The Bertz CT molecular complexity index is 752. The molecule has 3 unspecified atom stereocenters. The topological polar surface area (TPSA) is 56.6 Å². The monoisotopic (exact) mass is 278 g/mol. The maximum Gasteiger partial charge on any atom is 0.165 e. The average Bonchev–Trinajstić information content (AvgIpc) is 3.20. The molecule has 2 bridgehead atoms. The van der Waals surface area contributed by atoms with Crippen molar-refractivity contribution >= 4 is 16.7 Å². The van der Waals surface area contributed by atoms with Crippen LogP contribution in [0.25, 0.3) is 10.9 Å². The fourth-order valence-corrected chi connectivity index (χ4v) is 4.40. The fourth-order valence-electron chi connectivity index (χ4n) is 4.40. The van der Waals surface area contributed by atoms with Crippen LogP contribution < -0.4 is 0 Å². The molecular weight excluding hydrogens is 260 g/mol. The van der Waals surface area contributed by atoms with Crippen molar-refractivity contribution in [2.45, 2.75) is 32.1 Å². The van der Waals surface area contributed by atoms with E-state index >= 15 is 0 Å². The predicted molar refractivity (Wildman–Crippen MR) is 80.9 cm³/mol. The summed E-state index contributed by atoms with van der Waals surface area (Å²) in [6.45, 7) is 0. The number of H-pyrrole nitrogens is 1. The van der Waals surface area contributed by atoms with Crippen LogP contribution in [0.3, 0.4) is 0 Å². The molecule has 3 atom stereocenters. The zero-order valence-corrected chi connectivity index (χ0v) is 11.9. The van der Waals surface area contributed by atoms with E-state index in [0.717, 1.165) is 28.3 Å². The van der Waals surface area contributed by atoms with Crippen LogP contribution in [0.15, 0.2) is 24.4 Å². The van der Waals surface area contributed by atoms with Gasteiger partial charge in [-0.1, -0.05) is 12.5 Å². The number of ketones is 1. The number of Topliss-reactive ketones (excluding diaryl/α,β-unsaturated/α-hetero) is 1. The molecule has 1 aromatic carbocycles. The Morgan fingerprint density at radius 1 is 1.33 bits per heavy atom. The van der Waals surface area contributed by atoms with Crippen LogP contribution in [-0.2, 0) is 0 Å². The van der Waals surface area contributed by atoms with E-state index in [4.69, 9.17) is 5.26 Å². The van der Waals surface area contributed by atoms with Gasteiger partial charge in [0.1, 0.15) is 0 Å². The van der Waals surface area contributed by atoms with E-state index in [1.807, 2.05) is 12.1 Å². The van der Waals surface area contributed by atoms with Gasteiger partial charge < -0.3 is 4.98 Å². The number of hydrogen-bond donors (Lipinski definition) is 1. The van der Waals surface area contributed by atoms with Crippen molar-refractivity contribution < 1.29 is 4.79 Å². The second kappa shape index (κ2) is 4.73. The second-order valence-corrected chi connectivity index (χ2v) is 6.64. The normalized spacial score (nSPS) is 27.1. The summed E-state index contributed by atoms with van der Waals surface area (Å²) in [5, 5.41) is 9.88. The smallest absolute Gasteiger partial charge is 0.165 e. The molecule has 2 aromatic rings. The minimum absolute atomic E-state index is 0.253. The maximum absolute atomic E-state index is 12.6. The lowest BCUT2D eigenvalue weighted by atomic mass is 9.84. The summed E-state index contributed by atoms with van der Waals surface area (Å²) in [7, 11) is 0. The van der Waals surface area contributed by atoms with Crippen molar-refractivity contribution in [3.05, 3.63) is 35.5 Å². The molecule has 2 saturated carbocycles. The first-order valence-corrected chi connectivity index (χ1v) is 7.79. The molecule has 21 heavy (non-hydrogen) atoms. The zero-order valence-electron chi connectivity index (χ0n) is 11.9. The SMILES string of the molecule is N#Cc1ccc2c(C(=O)CC3CC4CCC3C4)c[nH]c2c1. The lowest BCUT2D eigenvalue weighted by Gasteiger charge is -2.20. The highest BCUT2D eigenvalue weighted by Gasteiger charge is 2.40. The quantitative estimate of drug-likeness (QED) is 0.861. The number of aromatic nitrogens is 1. The van der Waals surface area contributed by atoms with E-state index in [2.05, 4.69) is 11.1 Å². The van der Waals surface area contributed by atoms with Crippen molar-refractivity contribution in [1.82, 2.24) is 4.98 Å². The van der Waals surface area contributed by atoms with Gasteiger partial charge in [0.05, 0.1) is 11.6 Å². The van der Waals surface area contributed by atoms with Crippen LogP contribution in [0.2, 0.25) is 0 Å². The standard InChI is InChI=1S/C18H18N2O/c19-9-12-2-4-15-16(10-20-17(15)7-12)18(21)8-14-6-11-1-3-13(14)5-11/h2,4,7,10-11,13-14,20H,1,3,5-6,8H2. The van der Waals surface area contributed by atoms with Crippen LogP contribution >= 0.6 is 0 Å². The van der Waals surface area contributed by atoms with Gasteiger partial charge in [0.25, 0.3) is 0 Å². The summed E-state index contributed by atoms with van der Waals surface area (Å²) < 4.78 is 0. The number of benzene rings is 1. The summed E-state index contributed by atoms with van der Waals surface area (Å²) >= 11 is 0. The number of rotatable bonds is 3. The lowest BCUT2D eigenvalue weighted by Crippen LogP contribution is -2.15. The molecule has 2 fully saturated rings. The first kappa shape index (κ1) is 12.6. The maximum atomic E-state index is 12.6. The molecule has 0 spiro atoms.